The highest BCUT2D eigenvalue weighted by atomic mass is 19.4. The van der Waals surface area contributed by atoms with Crippen LogP contribution in [-0.2, 0) is 0 Å². The van der Waals surface area contributed by atoms with E-state index in [0.717, 1.165) is 0 Å². The van der Waals surface area contributed by atoms with Gasteiger partial charge in [-0.3, -0.25) is 0 Å². The molecular formula is C9H18F3NO. The highest BCUT2D eigenvalue weighted by Gasteiger charge is 2.26. The van der Waals surface area contributed by atoms with Crippen LogP contribution in [0.15, 0.2) is 0 Å². The van der Waals surface area contributed by atoms with Gasteiger partial charge < -0.3 is 10.4 Å². The lowest BCUT2D eigenvalue weighted by Gasteiger charge is -2.21. The van der Waals surface area contributed by atoms with Gasteiger partial charge in [0.2, 0.25) is 0 Å². The summed E-state index contributed by atoms with van der Waals surface area (Å²) in [5.74, 6) is 0. The molecule has 0 fully saturated rings. The largest absolute Gasteiger partial charge is 0.389 e. The molecule has 0 aromatic heterocycles. The van der Waals surface area contributed by atoms with Gasteiger partial charge in [-0.25, -0.2) is 0 Å². The minimum atomic E-state index is -4.07. The first-order chi connectivity index (χ1) is 6.27. The van der Waals surface area contributed by atoms with E-state index in [9.17, 15) is 18.3 Å². The zero-order chi connectivity index (χ0) is 11.2. The van der Waals surface area contributed by atoms with Crippen molar-refractivity contribution in [3.63, 3.8) is 0 Å². The van der Waals surface area contributed by atoms with Crippen molar-refractivity contribution in [2.75, 3.05) is 13.1 Å². The Morgan fingerprint density at radius 1 is 1.29 bits per heavy atom. The Balaban J connectivity index is 3.39. The molecule has 1 unspecified atom stereocenters. The van der Waals surface area contributed by atoms with Crippen LogP contribution in [0.2, 0.25) is 0 Å². The van der Waals surface area contributed by atoms with Crippen LogP contribution in [0.5, 0.6) is 0 Å². The Bertz CT molecular complexity index is 157. The maximum atomic E-state index is 11.7. The number of rotatable bonds is 6. The second-order valence-corrected chi connectivity index (χ2v) is 3.75. The van der Waals surface area contributed by atoms with E-state index in [2.05, 4.69) is 5.32 Å². The van der Waals surface area contributed by atoms with Crippen LogP contribution >= 0.6 is 0 Å². The summed E-state index contributed by atoms with van der Waals surface area (Å²) in [6.45, 7) is 4.11. The second-order valence-electron chi connectivity index (χ2n) is 3.75. The molecule has 1 atom stereocenters. The molecule has 2 N–H and O–H groups in total. The van der Waals surface area contributed by atoms with Gasteiger partial charge in [-0.2, -0.15) is 13.2 Å². The molecule has 0 bridgehead atoms. The normalized spacial score (nSPS) is 16.7. The molecule has 86 valence electrons. The van der Waals surface area contributed by atoms with Crippen molar-refractivity contribution in [2.45, 2.75) is 44.9 Å². The first kappa shape index (κ1) is 13.7. The van der Waals surface area contributed by atoms with E-state index in [-0.39, 0.29) is 13.0 Å². The summed E-state index contributed by atoms with van der Waals surface area (Å²) < 4.78 is 35.1. The van der Waals surface area contributed by atoms with E-state index in [1.807, 2.05) is 6.92 Å². The predicted octanol–water partition coefficient (Wildman–Crippen LogP) is 2.08. The SMILES string of the molecule is CCC(C)(O)CNCCCC(F)(F)F. The number of nitrogens with one attached hydrogen (secondary N) is 1. The molecule has 0 saturated carbocycles. The number of hydrogen-bond acceptors (Lipinski definition) is 2. The highest BCUT2D eigenvalue weighted by Crippen LogP contribution is 2.20. The van der Waals surface area contributed by atoms with E-state index in [4.69, 9.17) is 0 Å². The van der Waals surface area contributed by atoms with Crippen molar-refractivity contribution in [2.24, 2.45) is 0 Å². The van der Waals surface area contributed by atoms with Gasteiger partial charge in [0.1, 0.15) is 0 Å². The number of halogens is 3. The quantitative estimate of drug-likeness (QED) is 0.662. The summed E-state index contributed by atoms with van der Waals surface area (Å²) in [5, 5.41) is 12.3. The Labute approximate surface area is 82.5 Å². The van der Waals surface area contributed by atoms with Crippen LogP contribution in [0, 0.1) is 0 Å². The summed E-state index contributed by atoms with van der Waals surface area (Å²) in [4.78, 5) is 0. The van der Waals surface area contributed by atoms with Gasteiger partial charge in [0.15, 0.2) is 0 Å². The van der Waals surface area contributed by atoms with Gasteiger partial charge in [0.05, 0.1) is 5.60 Å². The van der Waals surface area contributed by atoms with E-state index in [1.165, 1.54) is 0 Å². The molecule has 5 heteroatoms. The lowest BCUT2D eigenvalue weighted by atomic mass is 10.0. The predicted molar refractivity (Wildman–Crippen MR) is 49.1 cm³/mol. The minimum absolute atomic E-state index is 0.0588. The van der Waals surface area contributed by atoms with E-state index in [0.29, 0.717) is 13.0 Å². The zero-order valence-electron chi connectivity index (χ0n) is 8.62. The molecule has 0 aliphatic carbocycles. The Hall–Kier alpha value is -0.290. The maximum absolute atomic E-state index is 11.7. The molecule has 2 nitrogen and oxygen atoms in total. The molecule has 0 amide bonds. The molecule has 0 radical (unpaired) electrons. The molecule has 14 heavy (non-hydrogen) atoms. The fourth-order valence-corrected chi connectivity index (χ4v) is 0.897. The molecule has 0 aliphatic rings. The van der Waals surface area contributed by atoms with Crippen molar-refractivity contribution < 1.29 is 18.3 Å². The third-order valence-electron chi connectivity index (χ3n) is 2.08. The molecule has 0 spiro atoms. The Morgan fingerprint density at radius 2 is 1.86 bits per heavy atom. The van der Waals surface area contributed by atoms with Crippen LogP contribution in [0.4, 0.5) is 13.2 Å². The van der Waals surface area contributed by atoms with Crippen molar-refractivity contribution in [3.05, 3.63) is 0 Å². The molecular weight excluding hydrogens is 195 g/mol. The third-order valence-corrected chi connectivity index (χ3v) is 2.08. The lowest BCUT2D eigenvalue weighted by Crippen LogP contribution is -2.37. The van der Waals surface area contributed by atoms with Gasteiger partial charge in [-0.1, -0.05) is 6.92 Å². The molecule has 0 aromatic rings. The maximum Gasteiger partial charge on any atom is 0.389 e. The van der Waals surface area contributed by atoms with E-state index >= 15 is 0 Å². The van der Waals surface area contributed by atoms with Crippen LogP contribution in [0.1, 0.15) is 33.1 Å². The third kappa shape index (κ3) is 8.31. The average molecular weight is 213 g/mol. The van der Waals surface area contributed by atoms with Gasteiger partial charge in [0, 0.05) is 13.0 Å². The number of hydrogen-bond donors (Lipinski definition) is 2. The van der Waals surface area contributed by atoms with Crippen molar-refractivity contribution >= 4 is 0 Å². The van der Waals surface area contributed by atoms with Gasteiger partial charge in [-0.15, -0.1) is 0 Å². The Morgan fingerprint density at radius 3 is 2.29 bits per heavy atom. The van der Waals surface area contributed by atoms with Crippen molar-refractivity contribution in [3.8, 4) is 0 Å². The van der Waals surface area contributed by atoms with Crippen LogP contribution in [0.3, 0.4) is 0 Å². The molecule has 0 saturated heterocycles. The first-order valence-corrected chi connectivity index (χ1v) is 4.77. The summed E-state index contributed by atoms with van der Waals surface area (Å²) in [6, 6.07) is 0. The second kappa shape index (κ2) is 5.56. The molecule has 0 rings (SSSR count). The van der Waals surface area contributed by atoms with E-state index in [1.54, 1.807) is 6.92 Å². The fourth-order valence-electron chi connectivity index (χ4n) is 0.897. The van der Waals surface area contributed by atoms with Gasteiger partial charge in [-0.05, 0) is 26.3 Å². The topological polar surface area (TPSA) is 32.3 Å². The average Bonchev–Trinajstić information content (AvgIpc) is 2.01. The molecule has 0 aliphatic heterocycles. The van der Waals surface area contributed by atoms with Gasteiger partial charge >= 0.3 is 6.18 Å². The number of aliphatic hydroxyl groups is 1. The summed E-state index contributed by atoms with van der Waals surface area (Å²) in [7, 11) is 0. The van der Waals surface area contributed by atoms with Crippen LogP contribution in [0.25, 0.3) is 0 Å². The highest BCUT2D eigenvalue weighted by molar-refractivity contribution is 4.72. The van der Waals surface area contributed by atoms with Crippen LogP contribution < -0.4 is 5.32 Å². The van der Waals surface area contributed by atoms with E-state index < -0.39 is 18.2 Å². The van der Waals surface area contributed by atoms with Crippen molar-refractivity contribution in [1.82, 2.24) is 5.32 Å². The lowest BCUT2D eigenvalue weighted by molar-refractivity contribution is -0.135. The fraction of sp³-hybridized carbons (Fsp3) is 1.00. The summed E-state index contributed by atoms with van der Waals surface area (Å²) in [5.41, 5.74) is -0.821. The summed E-state index contributed by atoms with van der Waals surface area (Å²) >= 11 is 0. The zero-order valence-corrected chi connectivity index (χ0v) is 8.62. The van der Waals surface area contributed by atoms with Crippen LogP contribution in [-0.4, -0.2) is 30.0 Å². The minimum Gasteiger partial charge on any atom is -0.389 e. The van der Waals surface area contributed by atoms with Gasteiger partial charge in [0.25, 0.3) is 0 Å². The summed E-state index contributed by atoms with van der Waals surface area (Å²) in [6.07, 6.45) is -4.20. The monoisotopic (exact) mass is 213 g/mol. The molecule has 0 aromatic carbocycles. The standard InChI is InChI=1S/C9H18F3NO/c1-3-8(2,14)7-13-6-4-5-9(10,11)12/h13-14H,3-7H2,1-2H3. The van der Waals surface area contributed by atoms with Crippen molar-refractivity contribution in [1.29, 1.82) is 0 Å². The number of alkyl halides is 3. The smallest absolute Gasteiger partial charge is 0.389 e. The molecule has 0 heterocycles. The first-order valence-electron chi connectivity index (χ1n) is 4.77. The Kier molecular flexibility index (Phi) is 5.44.